The normalized spacial score (nSPS) is 12.2. The molecule has 0 aromatic rings. The Kier molecular flexibility index (Phi) is 46.2. The molecule has 1 atom stereocenters. The van der Waals surface area contributed by atoms with Crippen LogP contribution in [0.25, 0.3) is 0 Å². The molecule has 55 heavy (non-hydrogen) atoms. The highest BCUT2D eigenvalue weighted by Gasteiger charge is 2.11. The Bertz CT molecular complexity index is 795. The van der Waals surface area contributed by atoms with Gasteiger partial charge in [-0.15, -0.1) is 0 Å². The highest BCUT2D eigenvalue weighted by molar-refractivity contribution is 5.78. The number of carbonyl (C=O) groups is 2. The third kappa shape index (κ3) is 45.4. The summed E-state index contributed by atoms with van der Waals surface area (Å²) in [5.41, 5.74) is 0. The minimum Gasteiger partial charge on any atom is -0.394 e. The van der Waals surface area contributed by atoms with E-state index in [2.05, 4.69) is 31.3 Å². The van der Waals surface area contributed by atoms with Crippen LogP contribution in [-0.2, 0) is 9.59 Å². The zero-order chi connectivity index (χ0) is 40.0. The fourth-order valence-corrected chi connectivity index (χ4v) is 7.99. The van der Waals surface area contributed by atoms with Crippen molar-refractivity contribution >= 4 is 11.7 Å². The number of rotatable bonds is 47. The maximum Gasteiger partial charge on any atom is 0.220 e. The molecule has 0 spiro atoms. The van der Waals surface area contributed by atoms with Gasteiger partial charge in [-0.1, -0.05) is 231 Å². The van der Waals surface area contributed by atoms with E-state index in [1.807, 2.05) is 0 Å². The van der Waals surface area contributed by atoms with Crippen molar-refractivity contribution in [2.24, 2.45) is 0 Å². The number of amides is 1. The molecule has 0 rings (SSSR count). The molecule has 4 heteroatoms. The van der Waals surface area contributed by atoms with Crippen molar-refractivity contribution in [1.29, 1.82) is 0 Å². The van der Waals surface area contributed by atoms with E-state index in [1.165, 1.54) is 218 Å². The second-order valence-electron chi connectivity index (χ2n) is 17.4. The van der Waals surface area contributed by atoms with Crippen LogP contribution in [0.5, 0.6) is 0 Å². The first-order chi connectivity index (χ1) is 27.1. The van der Waals surface area contributed by atoms with Crippen LogP contribution in [0.15, 0.2) is 12.2 Å². The molecule has 0 heterocycles. The summed E-state index contributed by atoms with van der Waals surface area (Å²) in [4.78, 5) is 24.7. The van der Waals surface area contributed by atoms with Crippen LogP contribution < -0.4 is 5.32 Å². The van der Waals surface area contributed by atoms with E-state index in [-0.39, 0.29) is 18.6 Å². The van der Waals surface area contributed by atoms with Crippen LogP contribution in [0.1, 0.15) is 290 Å². The lowest BCUT2D eigenvalue weighted by atomic mass is 10.0. The van der Waals surface area contributed by atoms with E-state index >= 15 is 0 Å². The van der Waals surface area contributed by atoms with Crippen molar-refractivity contribution in [2.75, 3.05) is 6.61 Å². The molecule has 0 aromatic carbocycles. The predicted molar refractivity (Wildman–Crippen MR) is 243 cm³/mol. The maximum atomic E-state index is 12.4. The number of nitrogens with one attached hydrogen (secondary N) is 1. The molecule has 0 aliphatic heterocycles. The Morgan fingerprint density at radius 2 is 0.691 bits per heavy atom. The van der Waals surface area contributed by atoms with Crippen LogP contribution >= 0.6 is 0 Å². The molecule has 0 aromatic heterocycles. The van der Waals surface area contributed by atoms with Gasteiger partial charge in [0.2, 0.25) is 5.91 Å². The Labute approximate surface area is 345 Å². The molecule has 326 valence electrons. The summed E-state index contributed by atoms with van der Waals surface area (Å²) in [5, 5.41) is 12.8. The molecule has 0 fully saturated rings. The molecule has 0 saturated heterocycles. The van der Waals surface area contributed by atoms with Gasteiger partial charge in [0, 0.05) is 19.3 Å². The Morgan fingerprint density at radius 3 is 1.04 bits per heavy atom. The number of allylic oxidation sites excluding steroid dienone is 2. The molecule has 0 radical (unpaired) electrons. The van der Waals surface area contributed by atoms with Crippen molar-refractivity contribution < 1.29 is 14.7 Å². The van der Waals surface area contributed by atoms with E-state index < -0.39 is 0 Å². The monoisotopic (exact) mass is 774 g/mol. The van der Waals surface area contributed by atoms with E-state index in [9.17, 15) is 14.7 Å². The first kappa shape index (κ1) is 53.8. The summed E-state index contributed by atoms with van der Waals surface area (Å²) >= 11 is 0. The lowest BCUT2D eigenvalue weighted by Gasteiger charge is -2.16. The number of carbonyl (C=O) groups excluding carboxylic acids is 2. The van der Waals surface area contributed by atoms with Crippen molar-refractivity contribution in [3.8, 4) is 0 Å². The molecule has 0 bridgehead atoms. The zero-order valence-corrected chi connectivity index (χ0v) is 37.6. The molecule has 0 saturated carbocycles. The summed E-state index contributed by atoms with van der Waals surface area (Å²) in [5.74, 6) is 0.579. The predicted octanol–water partition coefficient (Wildman–Crippen LogP) is 16.4. The molecule has 2 N–H and O–H groups in total. The second-order valence-corrected chi connectivity index (χ2v) is 17.4. The third-order valence-corrected chi connectivity index (χ3v) is 11.8. The standard InChI is InChI=1S/C51H99NO3/c1-3-5-7-9-11-13-15-17-19-20-21-22-23-25-27-29-33-37-41-45-50(54)46-42-38-34-30-31-35-39-43-47-51(55)52-49(48-53)44-40-36-32-28-26-24-18-16-14-12-10-8-6-4-2/h17,19,49,53H,3-16,18,20-48H2,1-2H3,(H,52,55)/b19-17-/t49-/m0/s1. The van der Waals surface area contributed by atoms with E-state index in [4.69, 9.17) is 0 Å². The molecular formula is C51H99NO3. The number of hydrogen-bond donors (Lipinski definition) is 2. The number of unbranched alkanes of at least 4 members (excludes halogenated alkanes) is 35. The van der Waals surface area contributed by atoms with Gasteiger partial charge in [0.15, 0.2) is 0 Å². The van der Waals surface area contributed by atoms with E-state index in [0.717, 1.165) is 51.4 Å². The van der Waals surface area contributed by atoms with Gasteiger partial charge in [-0.2, -0.15) is 0 Å². The number of Topliss-reactive ketones (excluding diaryl/α,β-unsaturated/α-hetero) is 1. The maximum absolute atomic E-state index is 12.4. The summed E-state index contributed by atoms with van der Waals surface area (Å²) in [6, 6.07) is -0.0799. The van der Waals surface area contributed by atoms with Crippen molar-refractivity contribution in [3.05, 3.63) is 12.2 Å². The fraction of sp³-hybridized carbons (Fsp3) is 0.922. The highest BCUT2D eigenvalue weighted by atomic mass is 16.3. The number of aliphatic hydroxyl groups is 1. The average Bonchev–Trinajstić information content (AvgIpc) is 3.19. The van der Waals surface area contributed by atoms with Crippen LogP contribution in [-0.4, -0.2) is 29.4 Å². The van der Waals surface area contributed by atoms with Crippen LogP contribution in [0.3, 0.4) is 0 Å². The van der Waals surface area contributed by atoms with Gasteiger partial charge < -0.3 is 10.4 Å². The molecule has 0 aliphatic carbocycles. The topological polar surface area (TPSA) is 66.4 Å². The van der Waals surface area contributed by atoms with Gasteiger partial charge in [-0.05, 0) is 51.4 Å². The van der Waals surface area contributed by atoms with Gasteiger partial charge in [0.05, 0.1) is 12.6 Å². The first-order valence-electron chi connectivity index (χ1n) is 25.2. The quantitative estimate of drug-likeness (QED) is 0.0478. The van der Waals surface area contributed by atoms with Gasteiger partial charge in [0.25, 0.3) is 0 Å². The minimum absolute atomic E-state index is 0.0497. The zero-order valence-electron chi connectivity index (χ0n) is 37.6. The minimum atomic E-state index is -0.0799. The lowest BCUT2D eigenvalue weighted by molar-refractivity contribution is -0.122. The molecular weight excluding hydrogens is 675 g/mol. The van der Waals surface area contributed by atoms with Gasteiger partial charge in [-0.25, -0.2) is 0 Å². The van der Waals surface area contributed by atoms with E-state index in [1.54, 1.807) is 0 Å². The van der Waals surface area contributed by atoms with Crippen molar-refractivity contribution in [3.63, 3.8) is 0 Å². The Balaban J connectivity index is 3.40. The Morgan fingerprint density at radius 1 is 0.400 bits per heavy atom. The summed E-state index contributed by atoms with van der Waals surface area (Å²) in [6.45, 7) is 4.62. The van der Waals surface area contributed by atoms with Crippen LogP contribution in [0, 0.1) is 0 Å². The van der Waals surface area contributed by atoms with Crippen molar-refractivity contribution in [1.82, 2.24) is 5.32 Å². The van der Waals surface area contributed by atoms with E-state index in [0.29, 0.717) is 12.2 Å². The van der Waals surface area contributed by atoms with Crippen LogP contribution in [0.2, 0.25) is 0 Å². The number of hydrogen-bond acceptors (Lipinski definition) is 3. The third-order valence-electron chi connectivity index (χ3n) is 11.8. The van der Waals surface area contributed by atoms with Gasteiger partial charge in [-0.3, -0.25) is 9.59 Å². The number of ketones is 1. The fourth-order valence-electron chi connectivity index (χ4n) is 7.99. The summed E-state index contributed by atoms with van der Waals surface area (Å²) in [6.07, 6.45) is 58.6. The van der Waals surface area contributed by atoms with Crippen LogP contribution in [0.4, 0.5) is 0 Å². The molecule has 1 amide bonds. The molecule has 4 nitrogen and oxygen atoms in total. The molecule has 0 unspecified atom stereocenters. The highest BCUT2D eigenvalue weighted by Crippen LogP contribution is 2.16. The summed E-state index contributed by atoms with van der Waals surface area (Å²) < 4.78 is 0. The summed E-state index contributed by atoms with van der Waals surface area (Å²) in [7, 11) is 0. The van der Waals surface area contributed by atoms with Gasteiger partial charge >= 0.3 is 0 Å². The Hall–Kier alpha value is -1.16. The van der Waals surface area contributed by atoms with Gasteiger partial charge in [0.1, 0.15) is 5.78 Å². The average molecular weight is 774 g/mol. The second kappa shape index (κ2) is 47.2. The van der Waals surface area contributed by atoms with Crippen molar-refractivity contribution in [2.45, 2.75) is 296 Å². The molecule has 0 aliphatic rings. The lowest BCUT2D eigenvalue weighted by Crippen LogP contribution is -2.37. The SMILES string of the molecule is CCCCCCCC/C=C\CCCCCCCCCCCC(=O)CCCCCCCCCCC(=O)N[C@H](CO)CCCCCCCCCCCCCCCC. The first-order valence-corrected chi connectivity index (χ1v) is 25.2. The smallest absolute Gasteiger partial charge is 0.220 e. The largest absolute Gasteiger partial charge is 0.394 e. The number of aliphatic hydroxyl groups excluding tert-OH is 1.